The van der Waals surface area contributed by atoms with Crippen LogP contribution in [0.4, 0.5) is 0 Å². The van der Waals surface area contributed by atoms with E-state index in [0.29, 0.717) is 26.0 Å². The summed E-state index contributed by atoms with van der Waals surface area (Å²) in [6.45, 7) is 3.05. The number of nitrogens with two attached hydrogens (primary N) is 1. The predicted molar refractivity (Wildman–Crippen MR) is 62.6 cm³/mol. The number of hydrogen-bond donors (Lipinski definition) is 4. The number of ether oxygens (including phenoxy) is 1. The maximum absolute atomic E-state index is 9.41. The van der Waals surface area contributed by atoms with Crippen LogP contribution in [0.1, 0.15) is 26.2 Å². The summed E-state index contributed by atoms with van der Waals surface area (Å²) >= 11 is 0. The largest absolute Gasteiger partial charge is 0.409 e. The Morgan fingerprint density at radius 1 is 1.56 bits per heavy atom. The van der Waals surface area contributed by atoms with Crippen molar-refractivity contribution in [2.45, 2.75) is 38.3 Å². The van der Waals surface area contributed by atoms with Crippen LogP contribution in [-0.2, 0) is 4.74 Å². The number of nitrogens with one attached hydrogen (secondary N) is 1. The summed E-state index contributed by atoms with van der Waals surface area (Å²) in [4.78, 5) is 0. The molecule has 0 aromatic heterocycles. The highest BCUT2D eigenvalue weighted by Gasteiger charge is 2.09. The molecule has 0 saturated carbocycles. The molecule has 96 valence electrons. The molecule has 0 rings (SSSR count). The van der Waals surface area contributed by atoms with E-state index in [1.165, 1.54) is 0 Å². The first kappa shape index (κ1) is 15.2. The van der Waals surface area contributed by atoms with Crippen molar-refractivity contribution in [3.8, 4) is 0 Å². The minimum atomic E-state index is -0.445. The molecule has 6 heteroatoms. The number of amidine groups is 1. The fraction of sp³-hybridized carbons (Fsp3) is 0.900. The Hall–Kier alpha value is -0.850. The van der Waals surface area contributed by atoms with E-state index >= 15 is 0 Å². The molecular formula is C10H23N3O3. The van der Waals surface area contributed by atoms with Gasteiger partial charge >= 0.3 is 0 Å². The number of oxime groups is 1. The van der Waals surface area contributed by atoms with Gasteiger partial charge < -0.3 is 26.1 Å². The van der Waals surface area contributed by atoms with Crippen LogP contribution in [-0.4, -0.2) is 48.6 Å². The van der Waals surface area contributed by atoms with Crippen molar-refractivity contribution in [1.82, 2.24) is 5.32 Å². The van der Waals surface area contributed by atoms with E-state index in [9.17, 15) is 5.11 Å². The molecule has 0 saturated heterocycles. The average Bonchev–Trinajstić information content (AvgIpc) is 2.27. The van der Waals surface area contributed by atoms with Gasteiger partial charge in [-0.25, -0.2) is 0 Å². The summed E-state index contributed by atoms with van der Waals surface area (Å²) in [5.74, 6) is 0.219. The third kappa shape index (κ3) is 7.44. The molecule has 0 fully saturated rings. The van der Waals surface area contributed by atoms with Crippen LogP contribution in [0, 0.1) is 0 Å². The van der Waals surface area contributed by atoms with E-state index in [1.807, 2.05) is 6.92 Å². The highest BCUT2D eigenvalue weighted by atomic mass is 16.5. The molecule has 0 aromatic carbocycles. The normalized spacial score (nSPS) is 16.1. The third-order valence-electron chi connectivity index (χ3n) is 2.35. The van der Waals surface area contributed by atoms with E-state index in [-0.39, 0.29) is 11.9 Å². The molecule has 0 aliphatic carbocycles. The molecule has 2 atom stereocenters. The molecule has 0 aliphatic rings. The summed E-state index contributed by atoms with van der Waals surface area (Å²) in [6.07, 6.45) is 1.57. The lowest BCUT2D eigenvalue weighted by molar-refractivity contribution is 0.0590. The monoisotopic (exact) mass is 233 g/mol. The number of nitrogens with zero attached hydrogens (tertiary/aromatic N) is 1. The second kappa shape index (κ2) is 9.38. The molecule has 0 bridgehead atoms. The summed E-state index contributed by atoms with van der Waals surface area (Å²) < 4.78 is 4.82. The Balaban J connectivity index is 3.70. The van der Waals surface area contributed by atoms with E-state index < -0.39 is 6.10 Å². The van der Waals surface area contributed by atoms with Crippen LogP contribution < -0.4 is 11.1 Å². The lowest BCUT2D eigenvalue weighted by atomic mass is 10.1. The quantitative estimate of drug-likeness (QED) is 0.193. The number of aliphatic hydroxyl groups is 1. The van der Waals surface area contributed by atoms with Crippen LogP contribution >= 0.6 is 0 Å². The summed E-state index contributed by atoms with van der Waals surface area (Å²) in [7, 11) is 1.56. The van der Waals surface area contributed by atoms with Crippen LogP contribution in [0.25, 0.3) is 0 Å². The molecule has 5 N–H and O–H groups in total. The van der Waals surface area contributed by atoms with Gasteiger partial charge in [0.15, 0.2) is 0 Å². The Kier molecular flexibility index (Phi) is 8.88. The Morgan fingerprint density at radius 3 is 2.75 bits per heavy atom. The second-order valence-corrected chi connectivity index (χ2v) is 3.75. The van der Waals surface area contributed by atoms with Crippen LogP contribution in [0.3, 0.4) is 0 Å². The highest BCUT2D eigenvalue weighted by Crippen LogP contribution is 1.99. The zero-order valence-corrected chi connectivity index (χ0v) is 10.0. The van der Waals surface area contributed by atoms with Crippen molar-refractivity contribution in [1.29, 1.82) is 0 Å². The van der Waals surface area contributed by atoms with Crippen molar-refractivity contribution < 1.29 is 15.1 Å². The molecule has 0 radical (unpaired) electrons. The first-order valence-corrected chi connectivity index (χ1v) is 5.50. The standard InChI is InChI=1S/C10H23N3O3/c1-3-8(6-10(11)13-15)12-5-4-9(14)7-16-2/h8-9,12,14-15H,3-7H2,1-2H3,(H2,11,13). The fourth-order valence-electron chi connectivity index (χ4n) is 1.38. The van der Waals surface area contributed by atoms with Crippen molar-refractivity contribution in [2.24, 2.45) is 10.9 Å². The van der Waals surface area contributed by atoms with E-state index in [4.69, 9.17) is 15.7 Å². The molecule has 0 spiro atoms. The van der Waals surface area contributed by atoms with Crippen molar-refractivity contribution in [3.05, 3.63) is 0 Å². The zero-order chi connectivity index (χ0) is 12.4. The van der Waals surface area contributed by atoms with Gasteiger partial charge in [-0.1, -0.05) is 12.1 Å². The van der Waals surface area contributed by atoms with Crippen LogP contribution in [0.5, 0.6) is 0 Å². The lowest BCUT2D eigenvalue weighted by Gasteiger charge is -2.17. The SMILES string of the molecule is CCC(CC(N)=NO)NCCC(O)COC. The molecule has 0 heterocycles. The minimum absolute atomic E-state index is 0.172. The van der Waals surface area contributed by atoms with Gasteiger partial charge in [0.2, 0.25) is 0 Å². The van der Waals surface area contributed by atoms with Crippen molar-refractivity contribution >= 4 is 5.84 Å². The zero-order valence-electron chi connectivity index (χ0n) is 10.0. The van der Waals surface area contributed by atoms with E-state index in [1.54, 1.807) is 7.11 Å². The van der Waals surface area contributed by atoms with E-state index in [0.717, 1.165) is 6.42 Å². The van der Waals surface area contributed by atoms with E-state index in [2.05, 4.69) is 10.5 Å². The Morgan fingerprint density at radius 2 is 2.25 bits per heavy atom. The number of aliphatic hydroxyl groups excluding tert-OH is 1. The van der Waals surface area contributed by atoms with Gasteiger partial charge in [-0.15, -0.1) is 0 Å². The number of rotatable bonds is 9. The van der Waals surface area contributed by atoms with Crippen LogP contribution in [0.2, 0.25) is 0 Å². The first-order valence-electron chi connectivity index (χ1n) is 5.50. The molecule has 6 nitrogen and oxygen atoms in total. The molecule has 0 aliphatic heterocycles. The van der Waals surface area contributed by atoms with Crippen LogP contribution in [0.15, 0.2) is 5.16 Å². The maximum atomic E-state index is 9.41. The van der Waals surface area contributed by atoms with Gasteiger partial charge in [-0.05, 0) is 19.4 Å². The van der Waals surface area contributed by atoms with Gasteiger partial charge in [0.1, 0.15) is 5.84 Å². The number of methoxy groups -OCH3 is 1. The third-order valence-corrected chi connectivity index (χ3v) is 2.35. The van der Waals surface area contributed by atoms with Crippen molar-refractivity contribution in [3.63, 3.8) is 0 Å². The minimum Gasteiger partial charge on any atom is -0.409 e. The van der Waals surface area contributed by atoms with Gasteiger partial charge in [0.05, 0.1) is 12.7 Å². The molecule has 0 aromatic rings. The Labute approximate surface area is 96.5 Å². The lowest BCUT2D eigenvalue weighted by Crippen LogP contribution is -2.35. The maximum Gasteiger partial charge on any atom is 0.140 e. The van der Waals surface area contributed by atoms with Gasteiger partial charge in [-0.3, -0.25) is 0 Å². The fourth-order valence-corrected chi connectivity index (χ4v) is 1.38. The smallest absolute Gasteiger partial charge is 0.140 e. The van der Waals surface area contributed by atoms with Gasteiger partial charge in [0.25, 0.3) is 0 Å². The summed E-state index contributed by atoms with van der Waals surface area (Å²) in [5.41, 5.74) is 5.42. The second-order valence-electron chi connectivity index (χ2n) is 3.75. The number of hydrogen-bond acceptors (Lipinski definition) is 5. The average molecular weight is 233 g/mol. The molecular weight excluding hydrogens is 210 g/mol. The summed E-state index contributed by atoms with van der Waals surface area (Å²) in [5, 5.41) is 24.0. The topological polar surface area (TPSA) is 100 Å². The molecule has 2 unspecified atom stereocenters. The van der Waals surface area contributed by atoms with Crippen molar-refractivity contribution in [2.75, 3.05) is 20.3 Å². The van der Waals surface area contributed by atoms with Gasteiger partial charge in [0, 0.05) is 19.6 Å². The molecule has 0 amide bonds. The van der Waals surface area contributed by atoms with Gasteiger partial charge in [-0.2, -0.15) is 0 Å². The Bertz CT molecular complexity index is 200. The first-order chi connectivity index (χ1) is 7.63. The highest BCUT2D eigenvalue weighted by molar-refractivity contribution is 5.80. The molecule has 16 heavy (non-hydrogen) atoms. The summed E-state index contributed by atoms with van der Waals surface area (Å²) in [6, 6.07) is 0.172. The predicted octanol–water partition coefficient (Wildman–Crippen LogP) is -0.111.